The number of aromatic nitrogens is 1. The maximum atomic E-state index is 6.89. The minimum atomic E-state index is 0.866. The molecule has 2 aromatic heterocycles. The summed E-state index contributed by atoms with van der Waals surface area (Å²) in [5, 5.41) is 4.62. The van der Waals surface area contributed by atoms with E-state index in [-0.39, 0.29) is 0 Å². The van der Waals surface area contributed by atoms with Gasteiger partial charge in [0.25, 0.3) is 0 Å². The predicted molar refractivity (Wildman–Crippen MR) is 244 cm³/mol. The SMILES string of the molecule is Cc1cc(-c2ccccc2)cc(-c2ccccc2)c1N(c1ccccc1)c1cc(-c2ccccc2-n2c3ccccc3c3ccccc32)c2oc3ccccc3c2c1. The van der Waals surface area contributed by atoms with Crippen LogP contribution in [0.1, 0.15) is 5.56 Å². The molecule has 0 radical (unpaired) electrons. The number of benzene rings is 9. The number of fused-ring (bicyclic) bond motifs is 6. The molecule has 0 saturated heterocycles. The number of rotatable bonds is 7. The average molecular weight is 743 g/mol. The van der Waals surface area contributed by atoms with Crippen LogP contribution in [0.25, 0.3) is 82.8 Å². The summed E-state index contributed by atoms with van der Waals surface area (Å²) in [6, 6.07) is 76.2. The van der Waals surface area contributed by atoms with Gasteiger partial charge < -0.3 is 13.9 Å². The first-order chi connectivity index (χ1) is 28.7. The van der Waals surface area contributed by atoms with Crippen molar-refractivity contribution < 1.29 is 4.42 Å². The van der Waals surface area contributed by atoms with Crippen LogP contribution in [0.5, 0.6) is 0 Å². The number of hydrogen-bond donors (Lipinski definition) is 0. The van der Waals surface area contributed by atoms with Gasteiger partial charge in [0.1, 0.15) is 11.2 Å². The predicted octanol–water partition coefficient (Wildman–Crippen LogP) is 15.5. The summed E-state index contributed by atoms with van der Waals surface area (Å²) >= 11 is 0. The molecule has 0 saturated carbocycles. The van der Waals surface area contributed by atoms with Gasteiger partial charge in [-0.15, -0.1) is 0 Å². The van der Waals surface area contributed by atoms with Gasteiger partial charge in [-0.05, 0) is 89.8 Å². The number of aryl methyl sites for hydroxylation is 1. The minimum Gasteiger partial charge on any atom is -0.455 e. The van der Waals surface area contributed by atoms with E-state index < -0.39 is 0 Å². The third kappa shape index (κ3) is 5.51. The van der Waals surface area contributed by atoms with Crippen LogP contribution < -0.4 is 4.90 Å². The van der Waals surface area contributed by atoms with Gasteiger partial charge in [-0.1, -0.05) is 152 Å². The van der Waals surface area contributed by atoms with Crippen molar-refractivity contribution in [2.45, 2.75) is 6.92 Å². The maximum Gasteiger partial charge on any atom is 0.143 e. The van der Waals surface area contributed by atoms with Crippen LogP contribution in [0.15, 0.2) is 217 Å². The highest BCUT2D eigenvalue weighted by atomic mass is 16.3. The molecule has 0 aliphatic heterocycles. The van der Waals surface area contributed by atoms with E-state index in [1.165, 1.54) is 38.5 Å². The molecule has 0 N–H and O–H groups in total. The Bertz CT molecular complexity index is 3230. The second-order valence-corrected chi connectivity index (χ2v) is 14.9. The van der Waals surface area contributed by atoms with E-state index in [9.17, 15) is 0 Å². The number of anilines is 3. The van der Waals surface area contributed by atoms with Crippen LogP contribution in [0.4, 0.5) is 17.1 Å². The van der Waals surface area contributed by atoms with Gasteiger partial charge in [0.05, 0.1) is 22.4 Å². The monoisotopic (exact) mass is 742 g/mol. The fourth-order valence-corrected chi connectivity index (χ4v) is 8.92. The lowest BCUT2D eigenvalue weighted by Gasteiger charge is -2.31. The van der Waals surface area contributed by atoms with Gasteiger partial charge in [-0.3, -0.25) is 0 Å². The summed E-state index contributed by atoms with van der Waals surface area (Å²) in [6.45, 7) is 2.24. The topological polar surface area (TPSA) is 21.3 Å². The molecule has 3 nitrogen and oxygen atoms in total. The van der Waals surface area contributed by atoms with Crippen LogP contribution in [0, 0.1) is 6.92 Å². The number of para-hydroxylation sites is 5. The molecular formula is C55H38N2O. The Hall–Kier alpha value is -7.62. The zero-order valence-corrected chi connectivity index (χ0v) is 32.0. The summed E-state index contributed by atoms with van der Waals surface area (Å²) in [6.07, 6.45) is 0. The highest BCUT2D eigenvalue weighted by molar-refractivity contribution is 6.14. The molecule has 0 bridgehead atoms. The van der Waals surface area contributed by atoms with Crippen molar-refractivity contribution in [3.63, 3.8) is 0 Å². The van der Waals surface area contributed by atoms with Gasteiger partial charge in [-0.25, -0.2) is 0 Å². The fraction of sp³-hybridized carbons (Fsp3) is 0.0182. The molecule has 274 valence electrons. The van der Waals surface area contributed by atoms with E-state index in [2.05, 4.69) is 229 Å². The normalized spacial score (nSPS) is 11.5. The van der Waals surface area contributed by atoms with Crippen LogP contribution in [-0.4, -0.2) is 4.57 Å². The van der Waals surface area contributed by atoms with Crippen LogP contribution in [-0.2, 0) is 0 Å². The highest BCUT2D eigenvalue weighted by Crippen LogP contribution is 2.49. The fourth-order valence-electron chi connectivity index (χ4n) is 8.92. The number of hydrogen-bond acceptors (Lipinski definition) is 2. The summed E-state index contributed by atoms with van der Waals surface area (Å²) in [5.74, 6) is 0. The van der Waals surface area contributed by atoms with Gasteiger partial charge in [0.15, 0.2) is 0 Å². The maximum absolute atomic E-state index is 6.89. The Kier molecular flexibility index (Phi) is 8.04. The molecule has 0 amide bonds. The van der Waals surface area contributed by atoms with E-state index >= 15 is 0 Å². The van der Waals surface area contributed by atoms with Gasteiger partial charge >= 0.3 is 0 Å². The van der Waals surface area contributed by atoms with Crippen molar-refractivity contribution >= 4 is 60.8 Å². The van der Waals surface area contributed by atoms with E-state index in [1.54, 1.807) is 0 Å². The van der Waals surface area contributed by atoms with Crippen molar-refractivity contribution in [3.8, 4) is 39.1 Å². The Labute approximate surface area is 337 Å². The molecule has 3 heteroatoms. The van der Waals surface area contributed by atoms with E-state index in [0.29, 0.717) is 0 Å². The third-order valence-electron chi connectivity index (χ3n) is 11.5. The summed E-state index contributed by atoms with van der Waals surface area (Å²) in [7, 11) is 0. The van der Waals surface area contributed by atoms with Crippen molar-refractivity contribution in [2.24, 2.45) is 0 Å². The van der Waals surface area contributed by atoms with Crippen molar-refractivity contribution in [1.82, 2.24) is 4.57 Å². The van der Waals surface area contributed by atoms with E-state index in [1.807, 2.05) is 0 Å². The first kappa shape index (κ1) is 33.7. The molecule has 0 aliphatic rings. The van der Waals surface area contributed by atoms with E-state index in [4.69, 9.17) is 4.42 Å². The lowest BCUT2D eigenvalue weighted by molar-refractivity contribution is 0.670. The summed E-state index contributed by atoms with van der Waals surface area (Å²) in [4.78, 5) is 2.44. The Morgan fingerprint density at radius 1 is 0.397 bits per heavy atom. The van der Waals surface area contributed by atoms with Crippen molar-refractivity contribution in [2.75, 3.05) is 4.90 Å². The molecule has 0 atom stereocenters. The van der Waals surface area contributed by atoms with Crippen molar-refractivity contribution in [1.29, 1.82) is 0 Å². The standard InChI is InChI=1S/C55H38N2O/c1-37-33-40(38-19-5-2-6-20-38)34-47(39-21-7-3-8-22-39)54(37)56(41-23-9-4-10-24-41)42-35-48(55-49(36-42)46-28-14-18-32-53(46)58-55)45-27-13-17-31-52(45)57-50-29-15-11-25-43(50)44-26-12-16-30-51(44)57/h2-36H,1H3. The molecule has 2 heterocycles. The van der Waals surface area contributed by atoms with Gasteiger partial charge in [0, 0.05) is 49.6 Å². The number of nitrogens with zero attached hydrogens (tertiary/aromatic N) is 2. The largest absolute Gasteiger partial charge is 0.455 e. The third-order valence-corrected chi connectivity index (χ3v) is 11.5. The van der Waals surface area contributed by atoms with E-state index in [0.717, 1.165) is 66.9 Å². The van der Waals surface area contributed by atoms with Gasteiger partial charge in [0.2, 0.25) is 0 Å². The first-order valence-electron chi connectivity index (χ1n) is 19.9. The lowest BCUT2D eigenvalue weighted by Crippen LogP contribution is -2.13. The smallest absolute Gasteiger partial charge is 0.143 e. The quantitative estimate of drug-likeness (QED) is 0.162. The highest BCUT2D eigenvalue weighted by Gasteiger charge is 2.25. The average Bonchev–Trinajstić information content (AvgIpc) is 3.84. The number of furan rings is 1. The molecule has 9 aromatic carbocycles. The van der Waals surface area contributed by atoms with Crippen LogP contribution in [0.3, 0.4) is 0 Å². The van der Waals surface area contributed by atoms with Crippen LogP contribution >= 0.6 is 0 Å². The van der Waals surface area contributed by atoms with Gasteiger partial charge in [-0.2, -0.15) is 0 Å². The molecule has 58 heavy (non-hydrogen) atoms. The molecule has 11 rings (SSSR count). The Morgan fingerprint density at radius 2 is 0.966 bits per heavy atom. The second kappa shape index (κ2) is 13.8. The molecule has 0 spiro atoms. The van der Waals surface area contributed by atoms with Crippen LogP contribution in [0.2, 0.25) is 0 Å². The molecule has 0 aliphatic carbocycles. The molecular weight excluding hydrogens is 705 g/mol. The summed E-state index contributed by atoms with van der Waals surface area (Å²) < 4.78 is 9.30. The molecule has 0 fully saturated rings. The zero-order chi connectivity index (χ0) is 38.6. The molecule has 11 aromatic rings. The van der Waals surface area contributed by atoms with Crippen molar-refractivity contribution in [3.05, 3.63) is 218 Å². The molecule has 0 unspecified atom stereocenters. The Balaban J connectivity index is 1.23. The lowest BCUT2D eigenvalue weighted by atomic mass is 9.92. The Morgan fingerprint density at radius 3 is 1.67 bits per heavy atom. The minimum absolute atomic E-state index is 0.866. The zero-order valence-electron chi connectivity index (χ0n) is 32.0. The second-order valence-electron chi connectivity index (χ2n) is 14.9. The first-order valence-corrected chi connectivity index (χ1v) is 19.9. The summed E-state index contributed by atoms with van der Waals surface area (Å²) in [5.41, 5.74) is 16.4.